The third-order valence-electron chi connectivity index (χ3n) is 4.81. The molecule has 0 saturated heterocycles. The fraction of sp³-hybridized carbons (Fsp3) is 0.174. The van der Waals surface area contributed by atoms with Crippen LogP contribution in [0.25, 0.3) is 28.0 Å². The summed E-state index contributed by atoms with van der Waals surface area (Å²) < 4.78 is 48.4. The predicted molar refractivity (Wildman–Crippen MR) is 116 cm³/mol. The first-order valence-corrected chi connectivity index (χ1v) is 9.83. The first-order chi connectivity index (χ1) is 15.6. The van der Waals surface area contributed by atoms with E-state index < -0.39 is 6.36 Å². The van der Waals surface area contributed by atoms with Crippen LogP contribution in [0, 0.1) is 6.92 Å². The number of hydrogen-bond acceptors (Lipinski definition) is 5. The van der Waals surface area contributed by atoms with E-state index in [9.17, 15) is 18.0 Å². The Balaban J connectivity index is 1.88. The molecule has 4 rings (SSSR count). The number of benzene rings is 2. The Bertz CT molecular complexity index is 1330. The average molecular weight is 456 g/mol. The second-order valence-electron chi connectivity index (χ2n) is 7.25. The van der Waals surface area contributed by atoms with Crippen molar-refractivity contribution in [2.24, 2.45) is 0 Å². The van der Waals surface area contributed by atoms with Crippen molar-refractivity contribution >= 4 is 17.4 Å². The van der Waals surface area contributed by atoms with Gasteiger partial charge in [0.1, 0.15) is 11.5 Å². The first-order valence-electron chi connectivity index (χ1n) is 9.83. The Morgan fingerprint density at radius 3 is 2.42 bits per heavy atom. The van der Waals surface area contributed by atoms with Crippen LogP contribution in [0.2, 0.25) is 0 Å². The largest absolute Gasteiger partial charge is 0.573 e. The van der Waals surface area contributed by atoms with Crippen molar-refractivity contribution < 1.29 is 27.4 Å². The van der Waals surface area contributed by atoms with E-state index in [1.807, 2.05) is 31.2 Å². The molecule has 0 aliphatic rings. The lowest BCUT2D eigenvalue weighted by molar-refractivity contribution is -0.274. The molecule has 0 atom stereocenters. The van der Waals surface area contributed by atoms with Gasteiger partial charge in [-0.05, 0) is 42.3 Å². The number of methoxy groups -OCH3 is 1. The Morgan fingerprint density at radius 2 is 1.79 bits per heavy atom. The number of carbonyl (C=O) groups excluding carboxylic acids is 1. The lowest BCUT2D eigenvalue weighted by atomic mass is 10.1. The van der Waals surface area contributed by atoms with Gasteiger partial charge in [0, 0.05) is 18.7 Å². The number of nitrogens with zero attached hydrogens (tertiary/aromatic N) is 3. The Hall–Kier alpha value is -4.08. The van der Waals surface area contributed by atoms with Crippen molar-refractivity contribution in [1.82, 2.24) is 14.6 Å². The second kappa shape index (κ2) is 8.45. The monoisotopic (exact) mass is 456 g/mol. The molecule has 170 valence electrons. The van der Waals surface area contributed by atoms with Crippen molar-refractivity contribution in [3.8, 4) is 33.9 Å². The number of aryl methyl sites for hydroxylation is 1. The standard InChI is InChI=1S/C23H19F3N4O3/c1-13-12-30-22(28-20(13)16-5-4-6-18(11-16)32-3)19(21(29-30)27-14(2)31)15-7-9-17(10-8-15)33-23(24,25)26/h4-12H,1-3H3,(H,27,29,31). The van der Waals surface area contributed by atoms with Crippen LogP contribution in [0.5, 0.6) is 11.5 Å². The van der Waals surface area contributed by atoms with E-state index in [-0.39, 0.29) is 17.5 Å². The molecule has 0 fully saturated rings. The number of rotatable bonds is 5. The molecule has 7 nitrogen and oxygen atoms in total. The van der Waals surface area contributed by atoms with Crippen molar-refractivity contribution in [1.29, 1.82) is 0 Å². The first kappa shape index (κ1) is 22.1. The zero-order chi connectivity index (χ0) is 23.8. The van der Waals surface area contributed by atoms with E-state index in [0.717, 1.165) is 11.1 Å². The molecule has 2 aromatic carbocycles. The second-order valence-corrected chi connectivity index (χ2v) is 7.25. The summed E-state index contributed by atoms with van der Waals surface area (Å²) in [4.78, 5) is 16.6. The lowest BCUT2D eigenvalue weighted by Gasteiger charge is -2.10. The van der Waals surface area contributed by atoms with Gasteiger partial charge in [-0.2, -0.15) is 0 Å². The predicted octanol–water partition coefficient (Wildman–Crippen LogP) is 5.24. The maximum atomic E-state index is 12.5. The number of amides is 1. The van der Waals surface area contributed by atoms with E-state index in [1.165, 1.54) is 35.7 Å². The maximum Gasteiger partial charge on any atom is 0.573 e. The van der Waals surface area contributed by atoms with E-state index in [2.05, 4.69) is 15.2 Å². The summed E-state index contributed by atoms with van der Waals surface area (Å²) in [5.41, 5.74) is 3.72. The third-order valence-corrected chi connectivity index (χ3v) is 4.81. The topological polar surface area (TPSA) is 77.8 Å². The normalized spacial score (nSPS) is 11.5. The van der Waals surface area contributed by atoms with Gasteiger partial charge in [-0.15, -0.1) is 18.3 Å². The molecule has 4 aromatic rings. The minimum absolute atomic E-state index is 0.238. The molecule has 0 spiro atoms. The highest BCUT2D eigenvalue weighted by Gasteiger charge is 2.31. The smallest absolute Gasteiger partial charge is 0.497 e. The van der Waals surface area contributed by atoms with E-state index >= 15 is 0 Å². The van der Waals surface area contributed by atoms with E-state index in [1.54, 1.807) is 13.3 Å². The van der Waals surface area contributed by atoms with Gasteiger partial charge in [0.25, 0.3) is 0 Å². The summed E-state index contributed by atoms with van der Waals surface area (Å²) in [5, 5.41) is 7.10. The van der Waals surface area contributed by atoms with Gasteiger partial charge in [0.05, 0.1) is 18.4 Å². The lowest BCUT2D eigenvalue weighted by Crippen LogP contribution is -2.16. The quantitative estimate of drug-likeness (QED) is 0.445. The average Bonchev–Trinajstić information content (AvgIpc) is 3.08. The number of fused-ring (bicyclic) bond motifs is 1. The van der Waals surface area contributed by atoms with Crippen molar-refractivity contribution in [2.75, 3.05) is 12.4 Å². The number of alkyl halides is 3. The van der Waals surface area contributed by atoms with Gasteiger partial charge in [0.2, 0.25) is 5.91 Å². The Labute approximate surface area is 186 Å². The van der Waals surface area contributed by atoms with Crippen LogP contribution in [-0.2, 0) is 4.79 Å². The molecule has 0 aliphatic carbocycles. The summed E-state index contributed by atoms with van der Waals surface area (Å²) in [7, 11) is 1.57. The van der Waals surface area contributed by atoms with Gasteiger partial charge < -0.3 is 14.8 Å². The maximum absolute atomic E-state index is 12.5. The molecule has 33 heavy (non-hydrogen) atoms. The number of carbonyl (C=O) groups is 1. The minimum atomic E-state index is -4.79. The van der Waals surface area contributed by atoms with Gasteiger partial charge in [-0.3, -0.25) is 4.79 Å². The van der Waals surface area contributed by atoms with Crippen molar-refractivity contribution in [3.05, 3.63) is 60.3 Å². The van der Waals surface area contributed by atoms with Crippen LogP contribution in [-0.4, -0.2) is 34.0 Å². The van der Waals surface area contributed by atoms with Gasteiger partial charge in [-0.1, -0.05) is 24.3 Å². The number of anilines is 1. The minimum Gasteiger partial charge on any atom is -0.497 e. The number of halogens is 3. The third kappa shape index (κ3) is 4.74. The van der Waals surface area contributed by atoms with Gasteiger partial charge in [-0.25, -0.2) is 9.50 Å². The molecule has 0 bridgehead atoms. The van der Waals surface area contributed by atoms with E-state index in [0.29, 0.717) is 28.2 Å². The van der Waals surface area contributed by atoms with Crippen molar-refractivity contribution in [3.63, 3.8) is 0 Å². The summed E-state index contributed by atoms with van der Waals surface area (Å²) in [6.45, 7) is 3.22. The SMILES string of the molecule is COc1cccc(-c2nc3c(-c4ccc(OC(F)(F)F)cc4)c(NC(C)=O)nn3cc2C)c1. The van der Waals surface area contributed by atoms with Crippen LogP contribution in [0.3, 0.4) is 0 Å². The Morgan fingerprint density at radius 1 is 1.06 bits per heavy atom. The van der Waals surface area contributed by atoms with Crippen LogP contribution in [0.4, 0.5) is 19.0 Å². The number of aromatic nitrogens is 3. The number of nitrogens with one attached hydrogen (secondary N) is 1. The van der Waals surface area contributed by atoms with Crippen LogP contribution >= 0.6 is 0 Å². The highest BCUT2D eigenvalue weighted by Crippen LogP contribution is 2.35. The molecular formula is C23H19F3N4O3. The zero-order valence-electron chi connectivity index (χ0n) is 17.9. The van der Waals surface area contributed by atoms with Gasteiger partial charge in [0.15, 0.2) is 11.5 Å². The molecule has 0 aliphatic heterocycles. The zero-order valence-corrected chi connectivity index (χ0v) is 17.9. The van der Waals surface area contributed by atoms with E-state index in [4.69, 9.17) is 9.72 Å². The number of hydrogen-bond donors (Lipinski definition) is 1. The molecule has 2 aromatic heterocycles. The molecule has 0 unspecified atom stereocenters. The molecule has 1 amide bonds. The molecule has 0 radical (unpaired) electrons. The molecular weight excluding hydrogens is 437 g/mol. The molecule has 0 saturated carbocycles. The highest BCUT2D eigenvalue weighted by molar-refractivity contribution is 5.97. The van der Waals surface area contributed by atoms with Crippen LogP contribution in [0.1, 0.15) is 12.5 Å². The number of ether oxygens (including phenoxy) is 2. The summed E-state index contributed by atoms with van der Waals surface area (Å²) in [6.07, 6.45) is -3.02. The molecule has 2 heterocycles. The fourth-order valence-electron chi connectivity index (χ4n) is 3.47. The van der Waals surface area contributed by atoms with Crippen molar-refractivity contribution in [2.45, 2.75) is 20.2 Å². The summed E-state index contributed by atoms with van der Waals surface area (Å²) >= 11 is 0. The fourth-order valence-corrected chi connectivity index (χ4v) is 3.47. The molecule has 10 heteroatoms. The van der Waals surface area contributed by atoms with Gasteiger partial charge >= 0.3 is 6.36 Å². The van der Waals surface area contributed by atoms with Crippen LogP contribution < -0.4 is 14.8 Å². The van der Waals surface area contributed by atoms with Crippen LogP contribution in [0.15, 0.2) is 54.7 Å². The highest BCUT2D eigenvalue weighted by atomic mass is 19.4. The summed E-state index contributed by atoms with van der Waals surface area (Å²) in [5.74, 6) is 0.203. The summed E-state index contributed by atoms with van der Waals surface area (Å²) in [6, 6.07) is 12.7. The Kier molecular flexibility index (Phi) is 5.67. The molecule has 1 N–H and O–H groups in total.